The fourth-order valence-corrected chi connectivity index (χ4v) is 8.39. The van der Waals surface area contributed by atoms with E-state index >= 15 is 0 Å². The molecule has 4 nitrogen and oxygen atoms in total. The van der Waals surface area contributed by atoms with Crippen LogP contribution in [0.15, 0.2) is 48.0 Å². The van der Waals surface area contributed by atoms with Gasteiger partial charge in [-0.2, -0.15) is 0 Å². The molecule has 2 bridgehead atoms. The summed E-state index contributed by atoms with van der Waals surface area (Å²) >= 11 is 0. The number of rotatable bonds is 2. The molecule has 2 N–H and O–H groups in total. The molecule has 1 unspecified atom stereocenters. The Balaban J connectivity index is 1.64. The Bertz CT molecular complexity index is 1370. The van der Waals surface area contributed by atoms with Gasteiger partial charge in [-0.3, -0.25) is 0 Å². The summed E-state index contributed by atoms with van der Waals surface area (Å²) in [5, 5.41) is 12.3. The fourth-order valence-electron chi connectivity index (χ4n) is 8.39. The number of likely N-dealkylation sites (tertiary alicyclic amines) is 1. The second-order valence-corrected chi connectivity index (χ2v) is 11.3. The zero-order chi connectivity index (χ0) is 22.8. The summed E-state index contributed by atoms with van der Waals surface area (Å²) in [6.07, 6.45) is 6.55. The number of allylic oxidation sites excluding steroid dienone is 2. The van der Waals surface area contributed by atoms with Gasteiger partial charge in [0.25, 0.3) is 0 Å². The number of hydrogen-bond donors (Lipinski definition) is 2. The molecular weight excluding hydrogens is 408 g/mol. The molecular formula is C29H32N2O2. The van der Waals surface area contributed by atoms with Gasteiger partial charge in [0.2, 0.25) is 0 Å². The SMILES string of the molecule is CC(C)=CC[C@@]12Cc3c([nH]c4ccccc34)[C@]3(C)Oc4c(O)ccc5c4[C@]13CCN(C)C2C5. The zero-order valence-corrected chi connectivity index (χ0v) is 20.0. The van der Waals surface area contributed by atoms with Crippen molar-refractivity contribution in [1.82, 2.24) is 9.88 Å². The summed E-state index contributed by atoms with van der Waals surface area (Å²) in [7, 11) is 2.31. The minimum atomic E-state index is -0.551. The monoisotopic (exact) mass is 440 g/mol. The van der Waals surface area contributed by atoms with Crippen LogP contribution in [-0.2, 0) is 23.9 Å². The molecule has 2 aliphatic heterocycles. The normalized spacial score (nSPS) is 33.4. The van der Waals surface area contributed by atoms with Gasteiger partial charge in [0, 0.05) is 27.9 Å². The standard InChI is InChI=1S/C29H32N2O2/c1-17(2)11-12-28-16-20-19-7-5-6-8-21(19)30-26(20)27(3)29(28)13-14-31(4)23(28)15-18-9-10-22(32)25(33-27)24(18)29/h5-11,23,30,32H,12-16H2,1-4H3/t23?,27-,28-,29-/m0/s1. The Morgan fingerprint density at radius 2 is 2.06 bits per heavy atom. The van der Waals surface area contributed by atoms with Gasteiger partial charge in [0.1, 0.15) is 0 Å². The van der Waals surface area contributed by atoms with Crippen molar-refractivity contribution in [2.45, 2.75) is 63.5 Å². The fraction of sp³-hybridized carbons (Fsp3) is 0.448. The van der Waals surface area contributed by atoms with Crippen LogP contribution in [0.3, 0.4) is 0 Å². The van der Waals surface area contributed by atoms with Gasteiger partial charge < -0.3 is 19.7 Å². The zero-order valence-electron chi connectivity index (χ0n) is 20.0. The van der Waals surface area contributed by atoms with Crippen LogP contribution in [0.5, 0.6) is 11.5 Å². The molecule has 7 rings (SSSR count). The van der Waals surface area contributed by atoms with E-state index in [9.17, 15) is 5.11 Å². The molecule has 4 atom stereocenters. The van der Waals surface area contributed by atoms with E-state index in [1.165, 1.54) is 38.9 Å². The minimum absolute atomic E-state index is 0.00394. The van der Waals surface area contributed by atoms with Crippen molar-refractivity contribution in [3.05, 3.63) is 70.4 Å². The molecule has 0 saturated carbocycles. The van der Waals surface area contributed by atoms with Crippen molar-refractivity contribution in [3.8, 4) is 11.5 Å². The van der Waals surface area contributed by atoms with Crippen molar-refractivity contribution in [1.29, 1.82) is 0 Å². The number of phenols is 1. The van der Waals surface area contributed by atoms with Crippen LogP contribution in [0.4, 0.5) is 0 Å². The highest BCUT2D eigenvalue weighted by Gasteiger charge is 2.76. The first-order valence-corrected chi connectivity index (χ1v) is 12.3. The summed E-state index contributed by atoms with van der Waals surface area (Å²) in [6, 6.07) is 13.1. The lowest BCUT2D eigenvalue weighted by atomic mass is 9.39. The molecule has 33 heavy (non-hydrogen) atoms. The van der Waals surface area contributed by atoms with Crippen LogP contribution in [0.1, 0.15) is 56.0 Å². The lowest BCUT2D eigenvalue weighted by Gasteiger charge is -2.67. The predicted molar refractivity (Wildman–Crippen MR) is 131 cm³/mol. The van der Waals surface area contributed by atoms with E-state index in [1.807, 2.05) is 6.07 Å². The van der Waals surface area contributed by atoms with Gasteiger partial charge in [0.15, 0.2) is 17.1 Å². The Kier molecular flexibility index (Phi) is 3.61. The number of aromatic hydroxyl groups is 1. The molecule has 1 aromatic heterocycles. The number of benzene rings is 2. The Hall–Kier alpha value is -2.72. The number of aromatic nitrogens is 1. The molecule has 1 spiro atoms. The number of fused-ring (bicyclic) bond motifs is 4. The van der Waals surface area contributed by atoms with E-state index in [0.29, 0.717) is 6.04 Å². The molecule has 0 amide bonds. The van der Waals surface area contributed by atoms with Crippen molar-refractivity contribution < 1.29 is 9.84 Å². The van der Waals surface area contributed by atoms with Crippen molar-refractivity contribution in [2.24, 2.45) is 5.41 Å². The Morgan fingerprint density at radius 1 is 1.24 bits per heavy atom. The molecule has 3 aromatic rings. The molecule has 2 aromatic carbocycles. The van der Waals surface area contributed by atoms with Gasteiger partial charge >= 0.3 is 0 Å². The molecule has 4 aliphatic rings. The third kappa shape index (κ3) is 2.04. The van der Waals surface area contributed by atoms with E-state index in [-0.39, 0.29) is 16.6 Å². The molecule has 1 fully saturated rings. The number of nitrogens with zero attached hydrogens (tertiary/aromatic N) is 1. The lowest BCUT2D eigenvalue weighted by molar-refractivity contribution is -0.142. The van der Waals surface area contributed by atoms with Crippen LogP contribution in [0, 0.1) is 5.41 Å². The van der Waals surface area contributed by atoms with E-state index in [0.717, 1.165) is 38.0 Å². The summed E-state index contributed by atoms with van der Waals surface area (Å²) in [5.41, 5.74) is 7.08. The topological polar surface area (TPSA) is 48.5 Å². The third-order valence-corrected chi connectivity index (χ3v) is 9.70. The maximum atomic E-state index is 11.0. The Labute approximate surface area is 195 Å². The van der Waals surface area contributed by atoms with Crippen molar-refractivity contribution in [2.75, 3.05) is 13.6 Å². The molecule has 2 aliphatic carbocycles. The van der Waals surface area contributed by atoms with E-state index in [1.54, 1.807) is 0 Å². The number of nitrogens with one attached hydrogen (secondary N) is 1. The number of ether oxygens (including phenoxy) is 1. The highest BCUT2D eigenvalue weighted by atomic mass is 16.5. The van der Waals surface area contributed by atoms with Crippen molar-refractivity contribution in [3.63, 3.8) is 0 Å². The molecule has 4 heteroatoms. The minimum Gasteiger partial charge on any atom is -0.504 e. The predicted octanol–water partition coefficient (Wildman–Crippen LogP) is 5.58. The second kappa shape index (κ2) is 6.04. The summed E-state index contributed by atoms with van der Waals surface area (Å²) in [6.45, 7) is 7.77. The number of hydrogen-bond acceptors (Lipinski definition) is 3. The number of likely N-dealkylation sites (N-methyl/N-ethyl adjacent to an activating group) is 1. The van der Waals surface area contributed by atoms with Crippen LogP contribution in [0.2, 0.25) is 0 Å². The van der Waals surface area contributed by atoms with Gasteiger partial charge in [-0.1, -0.05) is 35.9 Å². The van der Waals surface area contributed by atoms with Gasteiger partial charge in [-0.05, 0) is 83.3 Å². The molecule has 0 radical (unpaired) electrons. The average molecular weight is 441 g/mol. The molecule has 3 heterocycles. The Morgan fingerprint density at radius 3 is 2.88 bits per heavy atom. The number of para-hydroxylation sites is 1. The van der Waals surface area contributed by atoms with Crippen LogP contribution >= 0.6 is 0 Å². The first-order chi connectivity index (χ1) is 15.8. The largest absolute Gasteiger partial charge is 0.504 e. The first kappa shape index (κ1) is 19.7. The highest BCUT2D eigenvalue weighted by Crippen LogP contribution is 2.75. The maximum Gasteiger partial charge on any atom is 0.166 e. The van der Waals surface area contributed by atoms with E-state index in [4.69, 9.17) is 4.74 Å². The number of piperidine rings is 1. The number of phenolic OH excluding ortho intramolecular Hbond substituents is 1. The van der Waals surface area contributed by atoms with E-state index < -0.39 is 5.60 Å². The smallest absolute Gasteiger partial charge is 0.166 e. The second-order valence-electron chi connectivity index (χ2n) is 11.3. The van der Waals surface area contributed by atoms with Crippen LogP contribution < -0.4 is 4.74 Å². The summed E-state index contributed by atoms with van der Waals surface area (Å²) in [4.78, 5) is 6.41. The van der Waals surface area contributed by atoms with Crippen molar-refractivity contribution >= 4 is 10.9 Å². The van der Waals surface area contributed by atoms with Crippen LogP contribution in [-0.4, -0.2) is 34.6 Å². The average Bonchev–Trinajstić information content (AvgIpc) is 3.29. The third-order valence-electron chi connectivity index (χ3n) is 9.70. The molecule has 1 saturated heterocycles. The van der Waals surface area contributed by atoms with E-state index in [2.05, 4.69) is 74.1 Å². The summed E-state index contributed by atoms with van der Waals surface area (Å²) < 4.78 is 7.00. The number of aromatic amines is 1. The maximum absolute atomic E-state index is 11.0. The van der Waals surface area contributed by atoms with Crippen LogP contribution in [0.25, 0.3) is 10.9 Å². The van der Waals surface area contributed by atoms with Gasteiger partial charge in [-0.15, -0.1) is 0 Å². The van der Waals surface area contributed by atoms with Gasteiger partial charge in [0.05, 0.1) is 11.1 Å². The first-order valence-electron chi connectivity index (χ1n) is 12.3. The highest BCUT2D eigenvalue weighted by molar-refractivity contribution is 5.86. The number of H-pyrrole nitrogens is 1. The summed E-state index contributed by atoms with van der Waals surface area (Å²) in [5.74, 6) is 1.01. The van der Waals surface area contributed by atoms with Gasteiger partial charge in [-0.25, -0.2) is 0 Å². The molecule has 170 valence electrons. The quantitative estimate of drug-likeness (QED) is 0.512. The lowest BCUT2D eigenvalue weighted by Crippen LogP contribution is -2.73.